The van der Waals surface area contributed by atoms with Crippen molar-refractivity contribution in [2.24, 2.45) is 11.8 Å². The Hall–Kier alpha value is -1.07. The van der Waals surface area contributed by atoms with E-state index in [0.717, 1.165) is 6.42 Å². The van der Waals surface area contributed by atoms with E-state index in [0.29, 0.717) is 24.2 Å². The first kappa shape index (κ1) is 15.2. The Labute approximate surface area is 150 Å². The fraction of sp³-hybridized carbons (Fsp3) is 0.526. The third kappa shape index (κ3) is 1.75. The van der Waals surface area contributed by atoms with Crippen LogP contribution in [0.15, 0.2) is 24.3 Å². The molecular weight excluding hydrogens is 336 g/mol. The number of piperidine rings is 1. The number of thioether (sulfide) groups is 2. The maximum Gasteiger partial charge on any atom is 0.223 e. The van der Waals surface area contributed by atoms with Crippen LogP contribution in [0.1, 0.15) is 37.1 Å². The number of benzene rings is 1. The van der Waals surface area contributed by atoms with Crippen LogP contribution in [0.3, 0.4) is 0 Å². The number of aromatic amines is 1. The van der Waals surface area contributed by atoms with Gasteiger partial charge in [0.25, 0.3) is 0 Å². The summed E-state index contributed by atoms with van der Waals surface area (Å²) in [7, 11) is 2.00. The average molecular weight is 359 g/mol. The first-order valence-corrected chi connectivity index (χ1v) is 10.8. The summed E-state index contributed by atoms with van der Waals surface area (Å²) >= 11 is 4.15. The number of rotatable bonds is 1. The highest BCUT2D eigenvalue weighted by molar-refractivity contribution is 8.20. The molecule has 2 saturated heterocycles. The van der Waals surface area contributed by atoms with Gasteiger partial charge in [-0.05, 0) is 12.0 Å². The lowest BCUT2D eigenvalue weighted by Crippen LogP contribution is -2.53. The number of H-pyrrole nitrogens is 1. The van der Waals surface area contributed by atoms with Crippen LogP contribution in [-0.4, -0.2) is 34.3 Å². The van der Waals surface area contributed by atoms with Crippen molar-refractivity contribution < 1.29 is 4.79 Å². The lowest BCUT2D eigenvalue weighted by atomic mass is 9.67. The van der Waals surface area contributed by atoms with Crippen LogP contribution in [0.25, 0.3) is 10.9 Å². The van der Waals surface area contributed by atoms with Gasteiger partial charge < -0.3 is 9.88 Å². The highest BCUT2D eigenvalue weighted by Crippen LogP contribution is 2.67. The average Bonchev–Trinajstić information content (AvgIpc) is 3.22. The molecule has 0 unspecified atom stereocenters. The summed E-state index contributed by atoms with van der Waals surface area (Å²) in [6.07, 6.45) is 1.83. The molecule has 3 heterocycles. The molecule has 3 nitrogen and oxygen atoms in total. The third-order valence-corrected chi connectivity index (χ3v) is 9.85. The van der Waals surface area contributed by atoms with Crippen molar-refractivity contribution in [1.82, 2.24) is 9.88 Å². The fourth-order valence-corrected chi connectivity index (χ4v) is 8.86. The van der Waals surface area contributed by atoms with Crippen LogP contribution in [0.4, 0.5) is 0 Å². The minimum atomic E-state index is 0.0441. The van der Waals surface area contributed by atoms with Crippen molar-refractivity contribution in [3.8, 4) is 0 Å². The highest BCUT2D eigenvalue weighted by atomic mass is 32.2. The zero-order valence-corrected chi connectivity index (χ0v) is 15.7. The number of carbonyl (C=O) groups is 1. The van der Waals surface area contributed by atoms with Crippen molar-refractivity contribution >= 4 is 40.3 Å². The van der Waals surface area contributed by atoms with Gasteiger partial charge in [-0.25, -0.2) is 0 Å². The van der Waals surface area contributed by atoms with Crippen LogP contribution in [0.5, 0.6) is 0 Å². The first-order chi connectivity index (χ1) is 11.7. The molecule has 2 fully saturated rings. The van der Waals surface area contributed by atoms with E-state index in [2.05, 4.69) is 59.7 Å². The summed E-state index contributed by atoms with van der Waals surface area (Å²) in [4.78, 5) is 18.6. The van der Waals surface area contributed by atoms with E-state index in [1.165, 1.54) is 33.7 Å². The van der Waals surface area contributed by atoms with E-state index in [1.54, 1.807) is 0 Å². The Morgan fingerprint density at radius 3 is 2.79 bits per heavy atom. The van der Waals surface area contributed by atoms with E-state index in [1.807, 2.05) is 11.9 Å². The maximum absolute atomic E-state index is 12.8. The van der Waals surface area contributed by atoms with E-state index in [4.69, 9.17) is 0 Å². The van der Waals surface area contributed by atoms with E-state index < -0.39 is 0 Å². The molecule has 2 aromatic rings. The number of likely N-dealkylation sites (tertiary alicyclic amines) is 1. The van der Waals surface area contributed by atoms with Gasteiger partial charge in [-0.1, -0.05) is 31.5 Å². The molecule has 5 heteroatoms. The molecular formula is C19H22N2OS2. The summed E-state index contributed by atoms with van der Waals surface area (Å²) in [5, 5.41) is 1.31. The molecule has 2 bridgehead atoms. The number of fused-ring (bicyclic) bond motifs is 8. The van der Waals surface area contributed by atoms with Crippen molar-refractivity contribution in [2.75, 3.05) is 18.6 Å². The Morgan fingerprint density at radius 1 is 1.29 bits per heavy atom. The van der Waals surface area contributed by atoms with Gasteiger partial charge in [0.1, 0.15) is 4.08 Å². The fourth-order valence-electron chi connectivity index (χ4n) is 5.20. The molecule has 1 N–H and O–H groups in total. The molecule has 126 valence electrons. The molecule has 1 aliphatic carbocycles. The van der Waals surface area contributed by atoms with Gasteiger partial charge in [0.05, 0.1) is 6.04 Å². The van der Waals surface area contributed by atoms with Gasteiger partial charge in [0.15, 0.2) is 0 Å². The summed E-state index contributed by atoms with van der Waals surface area (Å²) in [5.74, 6) is 3.67. The van der Waals surface area contributed by atoms with Gasteiger partial charge >= 0.3 is 0 Å². The Balaban J connectivity index is 1.86. The van der Waals surface area contributed by atoms with Gasteiger partial charge in [-0.2, -0.15) is 0 Å². The van der Waals surface area contributed by atoms with Crippen molar-refractivity contribution in [3.63, 3.8) is 0 Å². The van der Waals surface area contributed by atoms with Gasteiger partial charge in [0, 0.05) is 53.1 Å². The number of amides is 1. The number of aromatic nitrogens is 1. The molecule has 1 spiro atoms. The second kappa shape index (κ2) is 5.21. The lowest BCUT2D eigenvalue weighted by Gasteiger charge is -2.54. The molecule has 3 aliphatic rings. The second-order valence-corrected chi connectivity index (χ2v) is 10.1. The number of para-hydroxylation sites is 1. The standard InChI is InChI=1S/C19H22N2OS2/c1-3-11-13-10-15(22)21(2)17(11)16-12-6-4-5-7-14(12)20-18(16)19(13)23-8-9-24-19/h4-7,11,13,17,20H,3,8-10H2,1-2H3/t11-,13-,17+/m0/s1. The number of nitrogens with one attached hydrogen (secondary N) is 1. The number of hydrogen-bond acceptors (Lipinski definition) is 3. The zero-order valence-electron chi connectivity index (χ0n) is 14.0. The van der Waals surface area contributed by atoms with Crippen LogP contribution in [0, 0.1) is 11.8 Å². The van der Waals surface area contributed by atoms with E-state index >= 15 is 0 Å². The monoisotopic (exact) mass is 358 g/mol. The molecule has 1 aromatic carbocycles. The van der Waals surface area contributed by atoms with Gasteiger partial charge in [-0.3, -0.25) is 4.79 Å². The van der Waals surface area contributed by atoms with Crippen LogP contribution in [-0.2, 0) is 8.87 Å². The molecule has 2 aliphatic heterocycles. The van der Waals surface area contributed by atoms with Crippen LogP contribution < -0.4 is 0 Å². The van der Waals surface area contributed by atoms with Crippen molar-refractivity contribution in [3.05, 3.63) is 35.5 Å². The summed E-state index contributed by atoms with van der Waals surface area (Å²) in [5.41, 5.74) is 4.01. The summed E-state index contributed by atoms with van der Waals surface area (Å²) in [6.45, 7) is 2.30. The predicted octanol–water partition coefficient (Wildman–Crippen LogP) is 4.36. The summed E-state index contributed by atoms with van der Waals surface area (Å²) in [6, 6.07) is 8.85. The second-order valence-electron chi connectivity index (χ2n) is 7.16. The zero-order chi connectivity index (χ0) is 16.5. The number of carbonyl (C=O) groups excluding carboxylic acids is 1. The molecule has 5 rings (SSSR count). The van der Waals surface area contributed by atoms with Crippen molar-refractivity contribution in [1.29, 1.82) is 0 Å². The largest absolute Gasteiger partial charge is 0.356 e. The topological polar surface area (TPSA) is 36.1 Å². The lowest BCUT2D eigenvalue weighted by molar-refractivity contribution is -0.141. The van der Waals surface area contributed by atoms with E-state index in [9.17, 15) is 4.79 Å². The molecule has 1 aromatic heterocycles. The van der Waals surface area contributed by atoms with Gasteiger partial charge in [-0.15, -0.1) is 23.5 Å². The van der Waals surface area contributed by atoms with Gasteiger partial charge in [0.2, 0.25) is 5.91 Å². The van der Waals surface area contributed by atoms with E-state index in [-0.39, 0.29) is 10.1 Å². The molecule has 1 amide bonds. The Kier molecular flexibility index (Phi) is 3.30. The molecule has 3 atom stereocenters. The number of hydrogen-bond donors (Lipinski definition) is 1. The third-order valence-electron chi connectivity index (χ3n) is 6.19. The van der Waals surface area contributed by atoms with Crippen LogP contribution in [0.2, 0.25) is 0 Å². The Bertz CT molecular complexity index is 824. The summed E-state index contributed by atoms with van der Waals surface area (Å²) < 4.78 is 0.0441. The smallest absolute Gasteiger partial charge is 0.223 e. The SMILES string of the molecule is CC[C@@H]1[C@@H]2c3c([nH]c4ccccc34)C3(SCCS3)[C@H]1CC(=O)N2C. The van der Waals surface area contributed by atoms with Crippen molar-refractivity contribution in [2.45, 2.75) is 29.9 Å². The minimum Gasteiger partial charge on any atom is -0.356 e. The first-order valence-electron chi connectivity index (χ1n) is 8.82. The Morgan fingerprint density at radius 2 is 2.04 bits per heavy atom. The molecule has 0 saturated carbocycles. The van der Waals surface area contributed by atoms with Crippen LogP contribution >= 0.6 is 23.5 Å². The molecule has 0 radical (unpaired) electrons. The quantitative estimate of drug-likeness (QED) is 0.823. The molecule has 24 heavy (non-hydrogen) atoms. The number of nitrogens with zero attached hydrogens (tertiary/aromatic N) is 1. The minimum absolute atomic E-state index is 0.0441. The predicted molar refractivity (Wildman–Crippen MR) is 102 cm³/mol. The highest BCUT2D eigenvalue weighted by Gasteiger charge is 2.59. The maximum atomic E-state index is 12.8. The normalized spacial score (nSPS) is 31.0.